The number of nitrogens with zero attached hydrogens (tertiary/aromatic N) is 3. The standard InChI is InChI=1S/C17H23N5O4S2/c1-3-12-4-5-13(16(23)18-11-15-19-20-17(27)21(15)2)10-14(12)28(24,25)22-6-8-26-9-7-22/h4-5,10H,3,6-9,11H2,1-2H3,(H,18,23)(H,20,27). The lowest BCUT2D eigenvalue weighted by Gasteiger charge is -2.27. The number of aromatic nitrogens is 3. The van der Waals surface area contributed by atoms with Gasteiger partial charge in [-0.1, -0.05) is 13.0 Å². The third-order valence-corrected chi connectivity index (χ3v) is 7.02. The van der Waals surface area contributed by atoms with Crippen LogP contribution in [0, 0.1) is 4.77 Å². The largest absolute Gasteiger partial charge is 0.379 e. The Balaban J connectivity index is 1.84. The van der Waals surface area contributed by atoms with Crippen LogP contribution in [0.1, 0.15) is 28.7 Å². The predicted octanol–water partition coefficient (Wildman–Crippen LogP) is 0.991. The molecule has 1 aromatic carbocycles. The van der Waals surface area contributed by atoms with Crippen molar-refractivity contribution in [1.82, 2.24) is 24.4 Å². The average Bonchev–Trinajstić information content (AvgIpc) is 3.04. The first kappa shape index (κ1) is 20.6. The van der Waals surface area contributed by atoms with E-state index in [1.165, 1.54) is 10.4 Å². The second-order valence-electron chi connectivity index (χ2n) is 6.38. The molecular formula is C17H23N5O4S2. The molecular weight excluding hydrogens is 402 g/mol. The van der Waals surface area contributed by atoms with Crippen LogP contribution < -0.4 is 5.32 Å². The number of carbonyl (C=O) groups excluding carboxylic acids is 1. The third-order valence-electron chi connectivity index (χ3n) is 4.68. The summed E-state index contributed by atoms with van der Waals surface area (Å²) in [5.74, 6) is 0.194. The molecule has 0 atom stereocenters. The molecule has 0 radical (unpaired) electrons. The summed E-state index contributed by atoms with van der Waals surface area (Å²) in [4.78, 5) is 12.7. The number of benzene rings is 1. The molecule has 1 amide bonds. The van der Waals surface area contributed by atoms with E-state index in [4.69, 9.17) is 17.0 Å². The molecule has 28 heavy (non-hydrogen) atoms. The van der Waals surface area contributed by atoms with E-state index in [1.54, 1.807) is 23.7 Å². The fourth-order valence-corrected chi connectivity index (χ4v) is 4.83. The number of amides is 1. The maximum absolute atomic E-state index is 13.1. The number of sulfonamides is 1. The maximum atomic E-state index is 13.1. The van der Waals surface area contributed by atoms with Gasteiger partial charge in [-0.25, -0.2) is 8.42 Å². The first-order chi connectivity index (χ1) is 13.3. The van der Waals surface area contributed by atoms with Crippen molar-refractivity contribution in [1.29, 1.82) is 0 Å². The Kier molecular flexibility index (Phi) is 6.28. The van der Waals surface area contributed by atoms with Gasteiger partial charge in [-0.3, -0.25) is 9.89 Å². The third kappa shape index (κ3) is 4.17. The Morgan fingerprint density at radius 1 is 1.36 bits per heavy atom. The number of hydrogen-bond acceptors (Lipinski definition) is 6. The number of ether oxygens (including phenoxy) is 1. The molecule has 0 aliphatic carbocycles. The fraction of sp³-hybridized carbons (Fsp3) is 0.471. The van der Waals surface area contributed by atoms with E-state index in [0.717, 1.165) is 0 Å². The highest BCUT2D eigenvalue weighted by atomic mass is 32.2. The Labute approximate surface area is 168 Å². The van der Waals surface area contributed by atoms with Crippen molar-refractivity contribution in [2.45, 2.75) is 24.8 Å². The Morgan fingerprint density at radius 2 is 2.07 bits per heavy atom. The van der Waals surface area contributed by atoms with Crippen LogP contribution in [0.25, 0.3) is 0 Å². The van der Waals surface area contributed by atoms with Gasteiger partial charge in [0.05, 0.1) is 24.7 Å². The van der Waals surface area contributed by atoms with Crippen LogP contribution >= 0.6 is 12.2 Å². The average molecular weight is 426 g/mol. The van der Waals surface area contributed by atoms with Gasteiger partial charge in [0.1, 0.15) is 0 Å². The zero-order chi connectivity index (χ0) is 20.3. The van der Waals surface area contributed by atoms with E-state index in [0.29, 0.717) is 48.9 Å². The highest BCUT2D eigenvalue weighted by molar-refractivity contribution is 7.89. The van der Waals surface area contributed by atoms with E-state index >= 15 is 0 Å². The number of H-pyrrole nitrogens is 1. The smallest absolute Gasteiger partial charge is 0.251 e. The van der Waals surface area contributed by atoms with Gasteiger partial charge in [0.25, 0.3) is 5.91 Å². The van der Waals surface area contributed by atoms with Gasteiger partial charge < -0.3 is 14.6 Å². The SMILES string of the molecule is CCc1ccc(C(=O)NCc2n[nH]c(=S)n2C)cc1S(=O)(=O)N1CCOCC1. The van der Waals surface area contributed by atoms with Crippen LogP contribution in [0.2, 0.25) is 0 Å². The number of aromatic amines is 1. The number of carbonyl (C=O) groups is 1. The molecule has 1 aromatic heterocycles. The van der Waals surface area contributed by atoms with Crippen LogP contribution in [0.3, 0.4) is 0 Å². The zero-order valence-corrected chi connectivity index (χ0v) is 17.4. The molecule has 9 nitrogen and oxygen atoms in total. The highest BCUT2D eigenvalue weighted by Crippen LogP contribution is 2.23. The van der Waals surface area contributed by atoms with Gasteiger partial charge in [0.2, 0.25) is 10.0 Å². The van der Waals surface area contributed by atoms with E-state index in [1.807, 2.05) is 6.92 Å². The minimum Gasteiger partial charge on any atom is -0.379 e. The van der Waals surface area contributed by atoms with Gasteiger partial charge in [-0.05, 0) is 36.3 Å². The van der Waals surface area contributed by atoms with Crippen LogP contribution in [-0.2, 0) is 34.8 Å². The van der Waals surface area contributed by atoms with Crippen molar-refractivity contribution in [2.75, 3.05) is 26.3 Å². The summed E-state index contributed by atoms with van der Waals surface area (Å²) in [7, 11) is -1.95. The molecule has 1 aliphatic rings. The fourth-order valence-electron chi connectivity index (χ4n) is 2.95. The molecule has 152 valence electrons. The molecule has 0 saturated carbocycles. The van der Waals surface area contributed by atoms with E-state index in [9.17, 15) is 13.2 Å². The quantitative estimate of drug-likeness (QED) is 0.668. The number of rotatable bonds is 6. The molecule has 11 heteroatoms. The summed E-state index contributed by atoms with van der Waals surface area (Å²) < 4.78 is 34.9. The van der Waals surface area contributed by atoms with Gasteiger partial charge in [-0.15, -0.1) is 0 Å². The Morgan fingerprint density at radius 3 is 2.68 bits per heavy atom. The molecule has 2 N–H and O–H groups in total. The number of morpholine rings is 1. The highest BCUT2D eigenvalue weighted by Gasteiger charge is 2.29. The van der Waals surface area contributed by atoms with Crippen LogP contribution in [-0.4, -0.2) is 59.7 Å². The summed E-state index contributed by atoms with van der Waals surface area (Å²) in [6, 6.07) is 4.77. The predicted molar refractivity (Wildman–Crippen MR) is 105 cm³/mol. The molecule has 1 aliphatic heterocycles. The lowest BCUT2D eigenvalue weighted by Crippen LogP contribution is -2.41. The molecule has 1 fully saturated rings. The summed E-state index contributed by atoms with van der Waals surface area (Å²) in [5.41, 5.74) is 0.957. The molecule has 0 unspecified atom stereocenters. The van der Waals surface area contributed by atoms with Crippen molar-refractivity contribution in [3.63, 3.8) is 0 Å². The molecule has 1 saturated heterocycles. The number of aryl methyl sites for hydroxylation is 1. The summed E-state index contributed by atoms with van der Waals surface area (Å²) >= 11 is 5.05. The lowest BCUT2D eigenvalue weighted by atomic mass is 10.1. The first-order valence-corrected chi connectivity index (χ1v) is 10.8. The lowest BCUT2D eigenvalue weighted by molar-refractivity contribution is 0.0730. The molecule has 2 heterocycles. The Hall–Kier alpha value is -2.08. The van der Waals surface area contributed by atoms with Crippen molar-refractivity contribution < 1.29 is 17.9 Å². The number of nitrogens with one attached hydrogen (secondary N) is 2. The Bertz CT molecular complexity index is 1020. The summed E-state index contributed by atoms with van der Waals surface area (Å²) in [6.45, 7) is 3.40. The van der Waals surface area contributed by atoms with Gasteiger partial charge in [0, 0.05) is 25.7 Å². The van der Waals surface area contributed by atoms with Crippen LogP contribution in [0.4, 0.5) is 0 Å². The summed E-state index contributed by atoms with van der Waals surface area (Å²) in [6.07, 6.45) is 0.547. The second-order valence-corrected chi connectivity index (χ2v) is 8.67. The van der Waals surface area contributed by atoms with E-state index < -0.39 is 10.0 Å². The van der Waals surface area contributed by atoms with Crippen LogP contribution in [0.15, 0.2) is 23.1 Å². The van der Waals surface area contributed by atoms with Gasteiger partial charge in [0.15, 0.2) is 10.6 Å². The van der Waals surface area contributed by atoms with Crippen LogP contribution in [0.5, 0.6) is 0 Å². The van der Waals surface area contributed by atoms with Crippen molar-refractivity contribution in [2.24, 2.45) is 7.05 Å². The minimum absolute atomic E-state index is 0.169. The monoisotopic (exact) mass is 425 g/mol. The van der Waals surface area contributed by atoms with Crippen molar-refractivity contribution >= 4 is 28.1 Å². The molecule has 0 spiro atoms. The normalized spacial score (nSPS) is 15.5. The van der Waals surface area contributed by atoms with E-state index in [-0.39, 0.29) is 22.9 Å². The van der Waals surface area contributed by atoms with Crippen molar-refractivity contribution in [3.05, 3.63) is 39.9 Å². The van der Waals surface area contributed by atoms with E-state index in [2.05, 4.69) is 15.5 Å². The topological polar surface area (TPSA) is 109 Å². The minimum atomic E-state index is -3.69. The van der Waals surface area contributed by atoms with Gasteiger partial charge >= 0.3 is 0 Å². The molecule has 3 rings (SSSR count). The molecule has 2 aromatic rings. The zero-order valence-electron chi connectivity index (χ0n) is 15.8. The summed E-state index contributed by atoms with van der Waals surface area (Å²) in [5, 5.41) is 9.44. The first-order valence-electron chi connectivity index (χ1n) is 8.94. The van der Waals surface area contributed by atoms with Gasteiger partial charge in [-0.2, -0.15) is 9.40 Å². The van der Waals surface area contributed by atoms with Crippen molar-refractivity contribution in [3.8, 4) is 0 Å². The number of hydrogen-bond donors (Lipinski definition) is 2. The second kappa shape index (κ2) is 8.52. The molecule has 0 bridgehead atoms. The maximum Gasteiger partial charge on any atom is 0.251 e.